The molecule has 6 heteroatoms. The molecule has 0 unspecified atom stereocenters. The molecule has 106 valence electrons. The van der Waals surface area contributed by atoms with Gasteiger partial charge in [0, 0.05) is 19.9 Å². The van der Waals surface area contributed by atoms with Crippen molar-refractivity contribution in [3.8, 4) is 0 Å². The summed E-state index contributed by atoms with van der Waals surface area (Å²) in [6.45, 7) is 8.74. The lowest BCUT2D eigenvalue weighted by Crippen LogP contribution is -2.59. The summed E-state index contributed by atoms with van der Waals surface area (Å²) in [4.78, 5) is 37.2. The fourth-order valence-electron chi connectivity index (χ4n) is 2.20. The normalized spacial score (nSPS) is 17.2. The van der Waals surface area contributed by atoms with Crippen molar-refractivity contribution >= 4 is 17.8 Å². The molecule has 1 rings (SSSR count). The number of carbonyl (C=O) groups is 3. The van der Waals surface area contributed by atoms with E-state index >= 15 is 0 Å². The van der Waals surface area contributed by atoms with E-state index in [1.807, 2.05) is 0 Å². The topological polar surface area (TPSA) is 72.9 Å². The van der Waals surface area contributed by atoms with Crippen molar-refractivity contribution < 1.29 is 23.9 Å². The monoisotopic (exact) mass is 269 g/mol. The second kappa shape index (κ2) is 5.86. The third-order valence-electron chi connectivity index (χ3n) is 2.95. The van der Waals surface area contributed by atoms with Crippen LogP contribution < -0.4 is 0 Å². The lowest BCUT2D eigenvalue weighted by molar-refractivity contribution is -0.176. The van der Waals surface area contributed by atoms with E-state index in [0.717, 1.165) is 0 Å². The molecule has 0 aromatic carbocycles. The number of hydrogen-bond acceptors (Lipinski definition) is 5. The summed E-state index contributed by atoms with van der Waals surface area (Å²) < 4.78 is 9.90. The number of hydrogen-bond donors (Lipinski definition) is 0. The second-order valence-electron chi connectivity index (χ2n) is 4.33. The predicted molar refractivity (Wildman–Crippen MR) is 67.1 cm³/mol. The van der Waals surface area contributed by atoms with Crippen LogP contribution in [0.4, 0.5) is 0 Å². The Morgan fingerprint density at radius 1 is 1.21 bits per heavy atom. The molecular formula is C13H19NO5. The number of rotatable bonds is 4. The van der Waals surface area contributed by atoms with Gasteiger partial charge in [-0.3, -0.25) is 4.79 Å². The van der Waals surface area contributed by atoms with E-state index in [2.05, 4.69) is 6.58 Å². The van der Waals surface area contributed by atoms with E-state index in [9.17, 15) is 14.4 Å². The number of nitrogens with zero attached hydrogens (tertiary/aromatic N) is 1. The van der Waals surface area contributed by atoms with E-state index in [1.165, 1.54) is 11.8 Å². The summed E-state index contributed by atoms with van der Waals surface area (Å²) in [5.41, 5.74) is -1.09. The largest absolute Gasteiger partial charge is 0.464 e. The van der Waals surface area contributed by atoms with Gasteiger partial charge in [0.1, 0.15) is 0 Å². The quantitative estimate of drug-likeness (QED) is 0.426. The Bertz CT molecular complexity index is 397. The van der Waals surface area contributed by atoms with Crippen LogP contribution in [0.3, 0.4) is 0 Å². The minimum absolute atomic E-state index is 0.0459. The lowest BCUT2D eigenvalue weighted by Gasteiger charge is -2.32. The van der Waals surface area contributed by atoms with Crippen LogP contribution in [0.15, 0.2) is 12.2 Å². The van der Waals surface area contributed by atoms with Gasteiger partial charge in [0.25, 0.3) is 0 Å². The zero-order valence-corrected chi connectivity index (χ0v) is 11.5. The third kappa shape index (κ3) is 2.62. The number of esters is 2. The average molecular weight is 269 g/mol. The van der Waals surface area contributed by atoms with E-state index in [1.54, 1.807) is 13.8 Å². The summed E-state index contributed by atoms with van der Waals surface area (Å²) in [7, 11) is 0. The van der Waals surface area contributed by atoms with Crippen LogP contribution in [0, 0.1) is 0 Å². The first-order valence-corrected chi connectivity index (χ1v) is 6.19. The highest BCUT2D eigenvalue weighted by Gasteiger charge is 2.58. The smallest absolute Gasteiger partial charge is 0.344 e. The first kappa shape index (κ1) is 15.2. The van der Waals surface area contributed by atoms with E-state index < -0.39 is 17.5 Å². The SMILES string of the molecule is C=C1CN(C(C)=O)C(C(=O)OCC)(C(=O)OCC)C1. The van der Waals surface area contributed by atoms with Gasteiger partial charge >= 0.3 is 11.9 Å². The summed E-state index contributed by atoms with van der Waals surface area (Å²) >= 11 is 0. The number of ether oxygens (including phenoxy) is 2. The van der Waals surface area contributed by atoms with Crippen LogP contribution in [0.5, 0.6) is 0 Å². The fraction of sp³-hybridized carbons (Fsp3) is 0.615. The number of likely N-dealkylation sites (tertiary alicyclic amines) is 1. The molecular weight excluding hydrogens is 250 g/mol. The molecule has 0 N–H and O–H groups in total. The number of carbonyl (C=O) groups excluding carboxylic acids is 3. The molecule has 19 heavy (non-hydrogen) atoms. The summed E-state index contributed by atoms with van der Waals surface area (Å²) in [6.07, 6.45) is 0.0459. The van der Waals surface area contributed by atoms with E-state index in [0.29, 0.717) is 5.57 Å². The molecule has 1 aliphatic heterocycles. The molecule has 0 radical (unpaired) electrons. The van der Waals surface area contributed by atoms with E-state index in [4.69, 9.17) is 9.47 Å². The van der Waals surface area contributed by atoms with Crippen LogP contribution in [0.1, 0.15) is 27.2 Å². The molecule has 0 spiro atoms. The maximum atomic E-state index is 12.2. The molecule has 6 nitrogen and oxygen atoms in total. The van der Waals surface area contributed by atoms with Crippen LogP contribution in [0.2, 0.25) is 0 Å². The van der Waals surface area contributed by atoms with Gasteiger partial charge in [0.15, 0.2) is 0 Å². The van der Waals surface area contributed by atoms with Crippen molar-refractivity contribution in [2.24, 2.45) is 0 Å². The highest BCUT2D eigenvalue weighted by molar-refractivity contribution is 6.08. The molecule has 0 aromatic heterocycles. The first-order valence-electron chi connectivity index (χ1n) is 6.19. The molecule has 0 saturated carbocycles. The van der Waals surface area contributed by atoms with Crippen molar-refractivity contribution in [2.45, 2.75) is 32.7 Å². The standard InChI is InChI=1S/C13H19NO5/c1-5-18-11(16)13(12(17)19-6-2)7-9(3)8-14(13)10(4)15/h3,5-8H2,1-2,4H3. The molecule has 0 aliphatic carbocycles. The van der Waals surface area contributed by atoms with Crippen molar-refractivity contribution in [3.05, 3.63) is 12.2 Å². The van der Waals surface area contributed by atoms with Gasteiger partial charge in [-0.2, -0.15) is 0 Å². The Kier molecular flexibility index (Phi) is 4.69. The fourth-order valence-corrected chi connectivity index (χ4v) is 2.20. The van der Waals surface area contributed by atoms with Gasteiger partial charge in [-0.05, 0) is 13.8 Å². The lowest BCUT2D eigenvalue weighted by atomic mass is 9.94. The van der Waals surface area contributed by atoms with Crippen LogP contribution >= 0.6 is 0 Å². The van der Waals surface area contributed by atoms with Gasteiger partial charge in [-0.25, -0.2) is 9.59 Å². The first-order chi connectivity index (χ1) is 8.90. The average Bonchev–Trinajstić information content (AvgIpc) is 2.69. The van der Waals surface area contributed by atoms with Crippen molar-refractivity contribution in [2.75, 3.05) is 19.8 Å². The molecule has 1 amide bonds. The highest BCUT2D eigenvalue weighted by Crippen LogP contribution is 2.34. The molecule has 0 bridgehead atoms. The second-order valence-corrected chi connectivity index (χ2v) is 4.33. The van der Waals surface area contributed by atoms with Crippen LogP contribution in [-0.4, -0.2) is 48.0 Å². The molecule has 1 saturated heterocycles. The maximum Gasteiger partial charge on any atom is 0.344 e. The highest BCUT2D eigenvalue weighted by atomic mass is 16.6. The third-order valence-corrected chi connectivity index (χ3v) is 2.95. The van der Waals surface area contributed by atoms with Gasteiger partial charge in [0.2, 0.25) is 11.4 Å². The Balaban J connectivity index is 3.24. The minimum atomic E-state index is -1.71. The zero-order chi connectivity index (χ0) is 14.6. The van der Waals surface area contributed by atoms with Gasteiger partial charge < -0.3 is 14.4 Å². The Labute approximate surface area is 112 Å². The summed E-state index contributed by atoms with van der Waals surface area (Å²) in [5.74, 6) is -1.91. The molecule has 1 fully saturated rings. The van der Waals surface area contributed by atoms with Crippen molar-refractivity contribution in [1.82, 2.24) is 4.90 Å². The number of amides is 1. The van der Waals surface area contributed by atoms with Gasteiger partial charge in [-0.1, -0.05) is 12.2 Å². The summed E-state index contributed by atoms with van der Waals surface area (Å²) in [5, 5.41) is 0. The van der Waals surface area contributed by atoms with Crippen LogP contribution in [0.25, 0.3) is 0 Å². The van der Waals surface area contributed by atoms with Gasteiger partial charge in [-0.15, -0.1) is 0 Å². The minimum Gasteiger partial charge on any atom is -0.464 e. The van der Waals surface area contributed by atoms with Crippen LogP contribution in [-0.2, 0) is 23.9 Å². The van der Waals surface area contributed by atoms with Crippen molar-refractivity contribution in [1.29, 1.82) is 0 Å². The predicted octanol–water partition coefficient (Wildman–Crippen LogP) is 0.660. The summed E-state index contributed by atoms with van der Waals surface area (Å²) in [6, 6.07) is 0. The molecule has 1 aliphatic rings. The molecule has 0 atom stereocenters. The maximum absolute atomic E-state index is 12.2. The Morgan fingerprint density at radius 3 is 2.05 bits per heavy atom. The molecule has 1 heterocycles. The van der Waals surface area contributed by atoms with Crippen molar-refractivity contribution in [3.63, 3.8) is 0 Å². The van der Waals surface area contributed by atoms with E-state index in [-0.39, 0.29) is 32.1 Å². The van der Waals surface area contributed by atoms with Gasteiger partial charge in [0.05, 0.1) is 13.2 Å². The Hall–Kier alpha value is -1.85. The molecule has 0 aromatic rings. The zero-order valence-electron chi connectivity index (χ0n) is 11.5. The Morgan fingerprint density at radius 2 is 1.68 bits per heavy atom.